The van der Waals surface area contributed by atoms with Gasteiger partial charge in [0.1, 0.15) is 11.4 Å². The number of imidazole rings is 1. The van der Waals surface area contributed by atoms with Crippen molar-refractivity contribution in [3.63, 3.8) is 0 Å². The molecular formula is C24H32N4O5. The molecular weight excluding hydrogens is 424 g/mol. The lowest BCUT2D eigenvalue weighted by molar-refractivity contribution is -0.155. The van der Waals surface area contributed by atoms with Gasteiger partial charge in [-0.1, -0.05) is 30.3 Å². The second kappa shape index (κ2) is 9.52. The summed E-state index contributed by atoms with van der Waals surface area (Å²) in [5.41, 5.74) is 1.41. The average Bonchev–Trinajstić information content (AvgIpc) is 3.17. The molecule has 0 spiro atoms. The van der Waals surface area contributed by atoms with E-state index < -0.39 is 11.8 Å². The quantitative estimate of drug-likeness (QED) is 0.651. The van der Waals surface area contributed by atoms with Crippen molar-refractivity contribution in [2.45, 2.75) is 58.3 Å². The molecule has 1 aromatic carbocycles. The van der Waals surface area contributed by atoms with E-state index in [1.54, 1.807) is 25.7 Å². The zero-order chi connectivity index (χ0) is 23.6. The minimum Gasteiger partial charge on any atom is -0.427 e. The van der Waals surface area contributed by atoms with Crippen molar-refractivity contribution in [1.82, 2.24) is 19.5 Å². The minimum absolute atomic E-state index is 0.112. The molecule has 2 aliphatic rings. The van der Waals surface area contributed by atoms with Gasteiger partial charge in [0.2, 0.25) is 0 Å². The molecule has 2 aliphatic heterocycles. The van der Waals surface area contributed by atoms with Crippen LogP contribution in [0.15, 0.2) is 30.3 Å². The van der Waals surface area contributed by atoms with Gasteiger partial charge in [0.15, 0.2) is 5.69 Å². The molecule has 0 unspecified atom stereocenters. The van der Waals surface area contributed by atoms with Crippen LogP contribution in [0.2, 0.25) is 0 Å². The van der Waals surface area contributed by atoms with Gasteiger partial charge in [0.05, 0.1) is 18.8 Å². The van der Waals surface area contributed by atoms with Gasteiger partial charge >= 0.3 is 6.16 Å². The molecule has 178 valence electrons. The van der Waals surface area contributed by atoms with Crippen LogP contribution in [-0.4, -0.2) is 70.0 Å². The van der Waals surface area contributed by atoms with Gasteiger partial charge in [-0.3, -0.25) is 4.79 Å². The third kappa shape index (κ3) is 5.36. The maximum Gasteiger partial charge on any atom is 0.528 e. The Morgan fingerprint density at radius 1 is 1.12 bits per heavy atom. The normalized spacial score (nSPS) is 17.3. The highest BCUT2D eigenvalue weighted by Gasteiger charge is 2.33. The number of ether oxygens (including phenoxy) is 2. The second-order valence-corrected chi connectivity index (χ2v) is 9.43. The lowest BCUT2D eigenvalue weighted by atomic mass is 10.1. The molecule has 9 heteroatoms. The summed E-state index contributed by atoms with van der Waals surface area (Å²) in [5, 5.41) is 1.53. The van der Waals surface area contributed by atoms with Crippen LogP contribution in [0.3, 0.4) is 0 Å². The molecule has 0 saturated carbocycles. The molecule has 1 aromatic heterocycles. The number of fused-ring (bicyclic) bond motifs is 1. The molecule has 0 N–H and O–H groups in total. The van der Waals surface area contributed by atoms with Crippen molar-refractivity contribution < 1.29 is 23.9 Å². The Bertz CT molecular complexity index is 992. The molecule has 33 heavy (non-hydrogen) atoms. The number of carbonyl (C=O) groups excluding carboxylic acids is 2. The number of hydroxylamine groups is 2. The van der Waals surface area contributed by atoms with Crippen LogP contribution in [0.4, 0.5) is 4.79 Å². The van der Waals surface area contributed by atoms with Crippen LogP contribution in [0.25, 0.3) is 11.4 Å². The van der Waals surface area contributed by atoms with Gasteiger partial charge in [-0.05, 0) is 33.6 Å². The summed E-state index contributed by atoms with van der Waals surface area (Å²) in [6.45, 7) is 7.90. The molecule has 4 rings (SSSR count). The summed E-state index contributed by atoms with van der Waals surface area (Å²) in [4.78, 5) is 37.7. The number of amides is 1. The molecule has 3 heterocycles. The van der Waals surface area contributed by atoms with Crippen LogP contribution in [0.1, 0.15) is 49.8 Å². The highest BCUT2D eigenvalue weighted by molar-refractivity contribution is 5.94. The first-order chi connectivity index (χ1) is 15.7. The molecule has 1 amide bonds. The molecule has 0 aliphatic carbocycles. The second-order valence-electron chi connectivity index (χ2n) is 9.43. The van der Waals surface area contributed by atoms with Crippen molar-refractivity contribution in [1.29, 1.82) is 0 Å². The number of hydrogen-bond acceptors (Lipinski definition) is 7. The smallest absolute Gasteiger partial charge is 0.427 e. The average molecular weight is 457 g/mol. The third-order valence-corrected chi connectivity index (χ3v) is 5.86. The van der Waals surface area contributed by atoms with Gasteiger partial charge in [0, 0.05) is 38.4 Å². The summed E-state index contributed by atoms with van der Waals surface area (Å²) >= 11 is 0. The highest BCUT2D eigenvalue weighted by Crippen LogP contribution is 2.28. The van der Waals surface area contributed by atoms with E-state index in [1.807, 2.05) is 37.4 Å². The van der Waals surface area contributed by atoms with Crippen LogP contribution in [0.5, 0.6) is 0 Å². The summed E-state index contributed by atoms with van der Waals surface area (Å²) < 4.78 is 12.8. The standard InChI is InChI=1S/C24H32N4O5/c1-24(2,3)32-23(30)33-27-12-13-28-19(16-27)20(25-21(28)17-8-6-5-7-9-17)22(29)26(4)18-10-14-31-15-11-18/h5-9,18H,10-16H2,1-4H3. The molecule has 0 radical (unpaired) electrons. The fourth-order valence-electron chi connectivity index (χ4n) is 4.18. The van der Waals surface area contributed by atoms with Crippen molar-refractivity contribution in [3.8, 4) is 11.4 Å². The molecule has 1 fully saturated rings. The van der Waals surface area contributed by atoms with Crippen LogP contribution in [0, 0.1) is 0 Å². The molecule has 2 aromatic rings. The van der Waals surface area contributed by atoms with Crippen molar-refractivity contribution in [2.75, 3.05) is 26.8 Å². The zero-order valence-electron chi connectivity index (χ0n) is 19.7. The summed E-state index contributed by atoms with van der Waals surface area (Å²) in [6, 6.07) is 9.93. The number of carbonyl (C=O) groups is 2. The van der Waals surface area contributed by atoms with E-state index >= 15 is 0 Å². The number of aromatic nitrogens is 2. The maximum absolute atomic E-state index is 13.5. The molecule has 1 saturated heterocycles. The molecule has 0 atom stereocenters. The Balaban J connectivity index is 1.62. The van der Waals surface area contributed by atoms with E-state index in [4.69, 9.17) is 19.3 Å². The summed E-state index contributed by atoms with van der Waals surface area (Å²) in [6.07, 6.45) is 0.848. The van der Waals surface area contributed by atoms with E-state index in [-0.39, 0.29) is 18.5 Å². The first-order valence-electron chi connectivity index (χ1n) is 11.4. The van der Waals surface area contributed by atoms with Crippen LogP contribution >= 0.6 is 0 Å². The molecule has 9 nitrogen and oxygen atoms in total. The number of nitrogens with zero attached hydrogens (tertiary/aromatic N) is 4. The first-order valence-corrected chi connectivity index (χ1v) is 11.4. The van der Waals surface area contributed by atoms with E-state index in [0.29, 0.717) is 32.0 Å². The fourth-order valence-corrected chi connectivity index (χ4v) is 4.18. The fraction of sp³-hybridized carbons (Fsp3) is 0.542. The number of rotatable bonds is 4. The van der Waals surface area contributed by atoms with Gasteiger partial charge in [-0.2, -0.15) is 0 Å². The maximum atomic E-state index is 13.5. The van der Waals surface area contributed by atoms with Gasteiger partial charge in [0.25, 0.3) is 5.91 Å². The van der Waals surface area contributed by atoms with E-state index in [9.17, 15) is 9.59 Å². The van der Waals surface area contributed by atoms with Crippen molar-refractivity contribution >= 4 is 12.1 Å². The first kappa shape index (κ1) is 23.3. The topological polar surface area (TPSA) is 86.1 Å². The lowest BCUT2D eigenvalue weighted by Crippen LogP contribution is -2.42. The Labute approximate surface area is 194 Å². The Kier molecular flexibility index (Phi) is 6.71. The zero-order valence-corrected chi connectivity index (χ0v) is 19.7. The Morgan fingerprint density at radius 3 is 2.48 bits per heavy atom. The van der Waals surface area contributed by atoms with Gasteiger partial charge in [-0.15, -0.1) is 5.06 Å². The highest BCUT2D eigenvalue weighted by atomic mass is 16.8. The van der Waals surface area contributed by atoms with E-state index in [2.05, 4.69) is 4.57 Å². The Hall–Kier alpha value is -2.91. The minimum atomic E-state index is -0.758. The summed E-state index contributed by atoms with van der Waals surface area (Å²) in [5.74, 6) is 0.609. The predicted molar refractivity (Wildman–Crippen MR) is 121 cm³/mol. The van der Waals surface area contributed by atoms with E-state index in [1.165, 1.54) is 5.06 Å². The van der Waals surface area contributed by atoms with Crippen molar-refractivity contribution in [2.24, 2.45) is 0 Å². The van der Waals surface area contributed by atoms with Crippen LogP contribution < -0.4 is 0 Å². The monoisotopic (exact) mass is 456 g/mol. The lowest BCUT2D eigenvalue weighted by Gasteiger charge is -2.32. The van der Waals surface area contributed by atoms with Gasteiger partial charge < -0.3 is 23.8 Å². The SMILES string of the molecule is CN(C(=O)c1nc(-c2ccccc2)n2c1CN(OC(=O)OC(C)(C)C)CC2)C1CCOCC1. The third-order valence-electron chi connectivity index (χ3n) is 5.86. The number of benzene rings is 1. The number of hydrogen-bond donors (Lipinski definition) is 0. The largest absolute Gasteiger partial charge is 0.528 e. The predicted octanol–water partition coefficient (Wildman–Crippen LogP) is 3.48. The molecule has 0 bridgehead atoms. The van der Waals surface area contributed by atoms with Gasteiger partial charge in [-0.25, -0.2) is 9.78 Å². The Morgan fingerprint density at radius 2 is 1.82 bits per heavy atom. The van der Waals surface area contributed by atoms with Crippen molar-refractivity contribution in [3.05, 3.63) is 41.7 Å². The van der Waals surface area contributed by atoms with E-state index in [0.717, 1.165) is 29.9 Å². The summed E-state index contributed by atoms with van der Waals surface area (Å²) in [7, 11) is 1.82. The van der Waals surface area contributed by atoms with Crippen LogP contribution in [-0.2, 0) is 27.4 Å².